The number of hydrogen-bond acceptors (Lipinski definition) is 11. The van der Waals surface area contributed by atoms with Crippen LogP contribution in [0.15, 0.2) is 48.8 Å². The topological polar surface area (TPSA) is 130 Å². The third kappa shape index (κ3) is 7.28. The highest BCUT2D eigenvalue weighted by atomic mass is 35.5. The normalized spacial score (nSPS) is 24.4. The largest absolute Gasteiger partial charge is 0.371 e. The van der Waals surface area contributed by atoms with Crippen molar-refractivity contribution < 1.29 is 19.2 Å². The highest BCUT2D eigenvalue weighted by Crippen LogP contribution is 2.46. The van der Waals surface area contributed by atoms with Gasteiger partial charge in [0.05, 0.1) is 35.8 Å². The van der Waals surface area contributed by atoms with Crippen molar-refractivity contribution in [2.75, 3.05) is 73.6 Å². The highest BCUT2D eigenvalue weighted by Gasteiger charge is 2.46. The van der Waals surface area contributed by atoms with Crippen LogP contribution in [0.5, 0.6) is 0 Å². The fourth-order valence-corrected chi connectivity index (χ4v) is 10.5. The van der Waals surface area contributed by atoms with E-state index in [2.05, 4.69) is 41.6 Å². The first-order valence-electron chi connectivity index (χ1n) is 20.6. The van der Waals surface area contributed by atoms with Crippen molar-refractivity contribution in [2.24, 2.45) is 5.41 Å². The number of nitrogens with one attached hydrogen (secondary N) is 1. The molecule has 0 bridgehead atoms. The van der Waals surface area contributed by atoms with Gasteiger partial charge in [0.25, 0.3) is 11.8 Å². The lowest BCUT2D eigenvalue weighted by Crippen LogP contribution is -2.54. The van der Waals surface area contributed by atoms with Gasteiger partial charge in [-0.1, -0.05) is 17.7 Å². The van der Waals surface area contributed by atoms with Crippen molar-refractivity contribution in [2.45, 2.75) is 76.5 Å². The summed E-state index contributed by atoms with van der Waals surface area (Å²) in [6, 6.07) is 11.2. The first kappa shape index (κ1) is 38.4. The maximum Gasteiger partial charge on any atom is 0.262 e. The number of anilines is 3. The molecule has 7 heterocycles. The zero-order chi connectivity index (χ0) is 40.1. The molecule has 0 saturated carbocycles. The number of imide groups is 2. The van der Waals surface area contributed by atoms with Crippen LogP contribution in [0.3, 0.4) is 0 Å². The molecule has 5 fully saturated rings. The molecule has 1 unspecified atom stereocenters. The third-order valence-electron chi connectivity index (χ3n) is 13.6. The Balaban J connectivity index is 0.720. The van der Waals surface area contributed by atoms with E-state index >= 15 is 0 Å². The van der Waals surface area contributed by atoms with E-state index in [1.807, 2.05) is 36.7 Å². The lowest BCUT2D eigenvalue weighted by molar-refractivity contribution is -0.136. The van der Waals surface area contributed by atoms with Gasteiger partial charge in [0.15, 0.2) is 0 Å². The van der Waals surface area contributed by atoms with Crippen LogP contribution in [0.25, 0.3) is 4.85 Å². The molecule has 4 amide bonds. The van der Waals surface area contributed by atoms with Gasteiger partial charge in [-0.3, -0.25) is 44.2 Å². The SMILES string of the molecule is [C-]#[N+]c1ccc(N2CC3(CCN(c4cnc(CN5CCN(C6CCN(c7ccc8c(c7)C(=O)N(C7CCC(=O)NC7=O)C8=O)CC6)CC5)cn4)CC3)C[C@@H]2C)cc1Cl. The number of nitrogens with zero attached hydrogens (tertiary/aromatic N) is 9. The Bertz CT molecular complexity index is 2150. The molecule has 1 aromatic heterocycles. The van der Waals surface area contributed by atoms with Crippen LogP contribution < -0.4 is 20.0 Å². The maximum absolute atomic E-state index is 13.4. The van der Waals surface area contributed by atoms with Crippen LogP contribution in [-0.2, 0) is 16.1 Å². The second kappa shape index (κ2) is 15.6. The quantitative estimate of drug-likeness (QED) is 0.263. The summed E-state index contributed by atoms with van der Waals surface area (Å²) >= 11 is 6.39. The molecule has 302 valence electrons. The van der Waals surface area contributed by atoms with Gasteiger partial charge >= 0.3 is 0 Å². The van der Waals surface area contributed by atoms with Crippen LogP contribution in [-0.4, -0.2) is 125 Å². The molecule has 6 aliphatic heterocycles. The zero-order valence-electron chi connectivity index (χ0n) is 32.9. The minimum atomic E-state index is -0.962. The fraction of sp³-hybridized carbons (Fsp3) is 0.512. The van der Waals surface area contributed by atoms with Crippen LogP contribution in [0.4, 0.5) is 22.9 Å². The molecule has 9 rings (SSSR count). The minimum absolute atomic E-state index is 0.101. The molecule has 2 atom stereocenters. The first-order valence-corrected chi connectivity index (χ1v) is 21.0. The molecule has 3 aromatic rings. The molecule has 1 N–H and O–H groups in total. The Hall–Kier alpha value is -5.10. The van der Waals surface area contributed by atoms with Gasteiger partial charge < -0.3 is 14.7 Å². The Morgan fingerprint density at radius 1 is 0.845 bits per heavy atom. The summed E-state index contributed by atoms with van der Waals surface area (Å²) in [5.41, 5.74) is 4.41. The lowest BCUT2D eigenvalue weighted by Gasteiger charge is -2.43. The number of rotatable bonds is 7. The molecule has 14 nitrogen and oxygen atoms in total. The van der Waals surface area contributed by atoms with Gasteiger partial charge in [-0.15, -0.1) is 0 Å². The first-order chi connectivity index (χ1) is 28.1. The average molecular weight is 805 g/mol. The van der Waals surface area contributed by atoms with Gasteiger partial charge in [-0.05, 0) is 81.2 Å². The van der Waals surface area contributed by atoms with Crippen LogP contribution >= 0.6 is 11.6 Å². The minimum Gasteiger partial charge on any atom is -0.371 e. The standard InChI is InChI=1S/C43H49ClN10O4/c1-28-23-43(27-53(28)32-4-6-36(45-2)35(44)22-32)11-15-52(16-12-43)38-25-46-29(24-47-38)26-49-17-19-51(20-18-49)30-9-13-50(14-10-30)31-3-5-33-34(21-31)42(58)54(41(33)57)37-7-8-39(55)48-40(37)56/h3-6,21-22,24-25,28,30,37H,7-20,23,26-27H2,1H3,(H,48,55,56)/t28-,37?/m0/s1. The summed E-state index contributed by atoms with van der Waals surface area (Å²) in [5, 5.41) is 2.78. The Labute approximate surface area is 343 Å². The number of aromatic nitrogens is 2. The number of hydrogen-bond donors (Lipinski definition) is 1. The number of carbonyl (C=O) groups excluding carboxylic acids is 4. The molecule has 6 aliphatic rings. The second-order valence-electron chi connectivity index (χ2n) is 17.0. The molecule has 58 heavy (non-hydrogen) atoms. The van der Waals surface area contributed by atoms with E-state index in [0.717, 1.165) is 125 Å². The number of fused-ring (bicyclic) bond motifs is 1. The van der Waals surface area contributed by atoms with E-state index in [4.69, 9.17) is 28.1 Å². The fourth-order valence-electron chi connectivity index (χ4n) is 10.3. The van der Waals surface area contributed by atoms with E-state index in [-0.39, 0.29) is 24.2 Å². The van der Waals surface area contributed by atoms with E-state index < -0.39 is 23.8 Å². The smallest absolute Gasteiger partial charge is 0.262 e. The maximum atomic E-state index is 13.4. The lowest BCUT2D eigenvalue weighted by atomic mass is 9.77. The summed E-state index contributed by atoms with van der Waals surface area (Å²) in [5.74, 6) is -0.974. The third-order valence-corrected chi connectivity index (χ3v) is 13.9. The van der Waals surface area contributed by atoms with Crippen molar-refractivity contribution in [3.8, 4) is 0 Å². The molecule has 0 radical (unpaired) electrons. The van der Waals surface area contributed by atoms with Crippen LogP contribution in [0, 0.1) is 12.0 Å². The second-order valence-corrected chi connectivity index (χ2v) is 17.4. The number of piperazine rings is 1. The number of benzene rings is 2. The zero-order valence-corrected chi connectivity index (χ0v) is 33.7. The number of amides is 4. The average Bonchev–Trinajstić information content (AvgIpc) is 3.69. The summed E-state index contributed by atoms with van der Waals surface area (Å²) in [4.78, 5) is 77.0. The van der Waals surface area contributed by atoms with Crippen LogP contribution in [0.2, 0.25) is 5.02 Å². The van der Waals surface area contributed by atoms with Crippen molar-refractivity contribution in [3.63, 3.8) is 0 Å². The Morgan fingerprint density at radius 3 is 2.28 bits per heavy atom. The molecule has 5 saturated heterocycles. The molecule has 0 aliphatic carbocycles. The van der Waals surface area contributed by atoms with Crippen molar-refractivity contribution in [3.05, 3.63) is 82.1 Å². The van der Waals surface area contributed by atoms with Gasteiger partial charge in [0.1, 0.15) is 11.9 Å². The van der Waals surface area contributed by atoms with Gasteiger partial charge in [-0.25, -0.2) is 9.83 Å². The number of halogens is 1. The molecule has 1 spiro atoms. The highest BCUT2D eigenvalue weighted by molar-refractivity contribution is 6.33. The number of piperidine rings is 3. The van der Waals surface area contributed by atoms with Crippen LogP contribution in [0.1, 0.15) is 78.3 Å². The van der Waals surface area contributed by atoms with E-state index in [9.17, 15) is 19.2 Å². The van der Waals surface area contributed by atoms with Crippen molar-refractivity contribution >= 4 is 58.1 Å². The molecular weight excluding hydrogens is 756 g/mol. The van der Waals surface area contributed by atoms with Gasteiger partial charge in [-0.2, -0.15) is 0 Å². The summed E-state index contributed by atoms with van der Waals surface area (Å²) in [6.07, 6.45) is 9.55. The van der Waals surface area contributed by atoms with Gasteiger partial charge in [0.2, 0.25) is 17.5 Å². The molecule has 2 aromatic carbocycles. The summed E-state index contributed by atoms with van der Waals surface area (Å²) in [6.45, 7) is 19.0. The van der Waals surface area contributed by atoms with E-state index in [0.29, 0.717) is 33.9 Å². The van der Waals surface area contributed by atoms with E-state index in [1.54, 1.807) is 12.1 Å². The van der Waals surface area contributed by atoms with E-state index in [1.165, 1.54) is 0 Å². The summed E-state index contributed by atoms with van der Waals surface area (Å²) in [7, 11) is 0. The number of carbonyl (C=O) groups is 4. The molecule has 15 heteroatoms. The van der Waals surface area contributed by atoms with Crippen molar-refractivity contribution in [1.29, 1.82) is 0 Å². The monoisotopic (exact) mass is 804 g/mol. The Kier molecular flexibility index (Phi) is 10.3. The molecular formula is C43H49ClN10O4. The summed E-state index contributed by atoms with van der Waals surface area (Å²) < 4.78 is 0. The van der Waals surface area contributed by atoms with Crippen molar-refractivity contribution in [1.82, 2.24) is 30.0 Å². The predicted molar refractivity (Wildman–Crippen MR) is 220 cm³/mol. The van der Waals surface area contributed by atoms with Gasteiger partial charge in [0, 0.05) is 100 Å². The predicted octanol–water partition coefficient (Wildman–Crippen LogP) is 4.75. The Morgan fingerprint density at radius 2 is 1.59 bits per heavy atom.